The van der Waals surface area contributed by atoms with Crippen molar-refractivity contribution < 1.29 is 0 Å². The Bertz CT molecular complexity index is 194. The minimum atomic E-state index is 0.327. The Hall–Kier alpha value is -0.0800. The lowest BCUT2D eigenvalue weighted by atomic mass is 9.73. The number of nitrogens with zero attached hydrogens (tertiary/aromatic N) is 1. The van der Waals surface area contributed by atoms with Gasteiger partial charge in [0, 0.05) is 12.6 Å². The molecule has 0 aromatic heterocycles. The number of hydrogen-bond acceptors (Lipinski definition) is 2. The number of hydrogen-bond donors (Lipinski definition) is 1. The molecule has 0 amide bonds. The summed E-state index contributed by atoms with van der Waals surface area (Å²) < 4.78 is 0. The van der Waals surface area contributed by atoms with Crippen LogP contribution in [0.2, 0.25) is 0 Å². The summed E-state index contributed by atoms with van der Waals surface area (Å²) in [7, 11) is 0. The van der Waals surface area contributed by atoms with E-state index in [0.29, 0.717) is 17.6 Å². The number of nitrogens with two attached hydrogens (primary N) is 1. The van der Waals surface area contributed by atoms with Gasteiger partial charge in [-0.1, -0.05) is 19.3 Å². The van der Waals surface area contributed by atoms with Crippen molar-refractivity contribution in [1.29, 1.82) is 0 Å². The van der Waals surface area contributed by atoms with Crippen molar-refractivity contribution in [3.8, 4) is 0 Å². The minimum Gasteiger partial charge on any atom is -0.316 e. The second-order valence-electron chi connectivity index (χ2n) is 5.60. The van der Waals surface area contributed by atoms with E-state index >= 15 is 0 Å². The van der Waals surface area contributed by atoms with Gasteiger partial charge in [0.15, 0.2) is 0 Å². The van der Waals surface area contributed by atoms with E-state index < -0.39 is 0 Å². The Morgan fingerprint density at radius 3 is 2.36 bits per heavy atom. The Kier molecular flexibility index (Phi) is 2.85. The van der Waals surface area contributed by atoms with Crippen molar-refractivity contribution in [3.63, 3.8) is 0 Å². The molecule has 2 fully saturated rings. The molecule has 2 aliphatic rings. The minimum absolute atomic E-state index is 0.327. The van der Waals surface area contributed by atoms with E-state index in [-0.39, 0.29) is 0 Å². The lowest BCUT2D eigenvalue weighted by Crippen LogP contribution is -2.41. The average molecular weight is 196 g/mol. The third-order valence-corrected chi connectivity index (χ3v) is 4.16. The second kappa shape index (κ2) is 3.82. The topological polar surface area (TPSA) is 29.3 Å². The molecule has 1 saturated heterocycles. The molecule has 0 bridgehead atoms. The summed E-state index contributed by atoms with van der Waals surface area (Å²) in [6.07, 6.45) is 8.71. The molecule has 2 rings (SSSR count). The predicted octanol–water partition coefficient (Wildman–Crippen LogP) is 2.34. The first-order valence-corrected chi connectivity index (χ1v) is 6.14. The average Bonchev–Trinajstić information content (AvgIpc) is 2.44. The van der Waals surface area contributed by atoms with Crippen molar-refractivity contribution in [3.05, 3.63) is 0 Å². The van der Waals surface area contributed by atoms with E-state index in [9.17, 15) is 0 Å². The van der Waals surface area contributed by atoms with Crippen LogP contribution in [0.5, 0.6) is 0 Å². The van der Waals surface area contributed by atoms with Crippen LogP contribution >= 0.6 is 0 Å². The fourth-order valence-electron chi connectivity index (χ4n) is 3.36. The molecular weight excluding hydrogens is 172 g/mol. The van der Waals surface area contributed by atoms with Gasteiger partial charge in [-0.2, -0.15) is 0 Å². The fraction of sp³-hybridized carbons (Fsp3) is 1.00. The van der Waals surface area contributed by atoms with Gasteiger partial charge < -0.3 is 5.73 Å². The molecule has 1 spiro atoms. The predicted molar refractivity (Wildman–Crippen MR) is 60.0 cm³/mol. The van der Waals surface area contributed by atoms with Crippen LogP contribution in [0.4, 0.5) is 0 Å². The largest absolute Gasteiger partial charge is 0.316 e. The van der Waals surface area contributed by atoms with E-state index in [2.05, 4.69) is 18.7 Å². The lowest BCUT2D eigenvalue weighted by Gasteiger charge is -2.33. The first-order chi connectivity index (χ1) is 6.63. The quantitative estimate of drug-likeness (QED) is 0.697. The summed E-state index contributed by atoms with van der Waals surface area (Å²) in [5, 5.41) is 0. The standard InChI is InChI=1S/C12H24N2/c1-10(2)14-9-12(8-11(14)13)6-4-3-5-7-12/h10-11H,3-9,13H2,1-2H3. The van der Waals surface area contributed by atoms with Crippen molar-refractivity contribution >= 4 is 0 Å². The van der Waals surface area contributed by atoms with Gasteiger partial charge in [0.2, 0.25) is 0 Å². The SMILES string of the molecule is CC(C)N1CC2(CCCCC2)CC1N. The molecule has 2 N–H and O–H groups in total. The van der Waals surface area contributed by atoms with Gasteiger partial charge in [-0.15, -0.1) is 0 Å². The van der Waals surface area contributed by atoms with E-state index in [1.165, 1.54) is 45.1 Å². The molecule has 1 aliphatic heterocycles. The normalized spacial score (nSPS) is 33.0. The zero-order valence-corrected chi connectivity index (χ0v) is 9.63. The first-order valence-electron chi connectivity index (χ1n) is 6.14. The molecular formula is C12H24N2. The lowest BCUT2D eigenvalue weighted by molar-refractivity contribution is 0.162. The van der Waals surface area contributed by atoms with Gasteiger partial charge in [0.25, 0.3) is 0 Å². The Labute approximate surface area is 87.8 Å². The zero-order valence-electron chi connectivity index (χ0n) is 9.63. The van der Waals surface area contributed by atoms with Crippen molar-refractivity contribution in [2.45, 2.75) is 64.6 Å². The molecule has 0 aromatic carbocycles. The Morgan fingerprint density at radius 1 is 1.21 bits per heavy atom. The van der Waals surface area contributed by atoms with Gasteiger partial charge in [-0.25, -0.2) is 0 Å². The molecule has 82 valence electrons. The summed E-state index contributed by atoms with van der Waals surface area (Å²) in [4.78, 5) is 2.49. The second-order valence-corrected chi connectivity index (χ2v) is 5.60. The van der Waals surface area contributed by atoms with E-state index in [0.717, 1.165) is 0 Å². The highest BCUT2D eigenvalue weighted by Gasteiger charge is 2.43. The van der Waals surface area contributed by atoms with Gasteiger partial charge in [0.1, 0.15) is 0 Å². The Balaban J connectivity index is 2.03. The molecule has 2 nitrogen and oxygen atoms in total. The van der Waals surface area contributed by atoms with Crippen LogP contribution in [-0.2, 0) is 0 Å². The van der Waals surface area contributed by atoms with Crippen molar-refractivity contribution in [1.82, 2.24) is 4.90 Å². The maximum absolute atomic E-state index is 6.21. The number of likely N-dealkylation sites (tertiary alicyclic amines) is 1. The maximum Gasteiger partial charge on any atom is 0.0580 e. The van der Waals surface area contributed by atoms with Crippen molar-refractivity contribution in [2.24, 2.45) is 11.1 Å². The molecule has 0 radical (unpaired) electrons. The third-order valence-electron chi connectivity index (χ3n) is 4.16. The van der Waals surface area contributed by atoms with E-state index in [1.807, 2.05) is 0 Å². The van der Waals surface area contributed by atoms with Gasteiger partial charge in [0.05, 0.1) is 6.17 Å². The van der Waals surface area contributed by atoms with Crippen LogP contribution in [0, 0.1) is 5.41 Å². The number of rotatable bonds is 1. The third kappa shape index (κ3) is 1.82. The fourth-order valence-corrected chi connectivity index (χ4v) is 3.36. The highest BCUT2D eigenvalue weighted by Crippen LogP contribution is 2.45. The molecule has 1 aliphatic carbocycles. The molecule has 0 aromatic rings. The summed E-state index contributed by atoms with van der Waals surface area (Å²) in [6, 6.07) is 0.617. The summed E-state index contributed by atoms with van der Waals surface area (Å²) in [6.45, 7) is 5.79. The van der Waals surface area contributed by atoms with Crippen LogP contribution in [-0.4, -0.2) is 23.7 Å². The van der Waals surface area contributed by atoms with E-state index in [4.69, 9.17) is 5.73 Å². The van der Waals surface area contributed by atoms with Gasteiger partial charge >= 0.3 is 0 Å². The van der Waals surface area contributed by atoms with E-state index in [1.54, 1.807) is 0 Å². The van der Waals surface area contributed by atoms with Gasteiger partial charge in [-0.05, 0) is 38.5 Å². The van der Waals surface area contributed by atoms with Crippen LogP contribution in [0.3, 0.4) is 0 Å². The smallest absolute Gasteiger partial charge is 0.0580 e. The van der Waals surface area contributed by atoms with Crippen LogP contribution in [0.25, 0.3) is 0 Å². The molecule has 1 saturated carbocycles. The highest BCUT2D eigenvalue weighted by molar-refractivity contribution is 4.96. The first kappa shape index (κ1) is 10.4. The van der Waals surface area contributed by atoms with Crippen LogP contribution in [0.1, 0.15) is 52.4 Å². The molecule has 1 atom stereocenters. The van der Waals surface area contributed by atoms with Crippen molar-refractivity contribution in [2.75, 3.05) is 6.54 Å². The maximum atomic E-state index is 6.21. The highest BCUT2D eigenvalue weighted by atomic mass is 15.3. The zero-order chi connectivity index (χ0) is 10.2. The van der Waals surface area contributed by atoms with Crippen LogP contribution < -0.4 is 5.73 Å². The summed E-state index contributed by atoms with van der Waals surface area (Å²) in [5.41, 5.74) is 6.81. The summed E-state index contributed by atoms with van der Waals surface area (Å²) >= 11 is 0. The molecule has 14 heavy (non-hydrogen) atoms. The molecule has 2 heteroatoms. The Morgan fingerprint density at radius 2 is 1.86 bits per heavy atom. The molecule has 1 heterocycles. The molecule has 1 unspecified atom stereocenters. The van der Waals surface area contributed by atoms with Crippen LogP contribution in [0.15, 0.2) is 0 Å². The monoisotopic (exact) mass is 196 g/mol. The summed E-state index contributed by atoms with van der Waals surface area (Å²) in [5.74, 6) is 0. The van der Waals surface area contributed by atoms with Gasteiger partial charge in [-0.3, -0.25) is 4.90 Å².